The number of piperidine rings is 1. The van der Waals surface area contributed by atoms with E-state index in [-0.39, 0.29) is 24.8 Å². The molecule has 6 heteroatoms. The second-order valence-electron chi connectivity index (χ2n) is 6.17. The molecule has 112 valence electrons. The van der Waals surface area contributed by atoms with E-state index in [0.717, 1.165) is 6.42 Å². The third-order valence-electron chi connectivity index (χ3n) is 3.43. The minimum Gasteiger partial charge on any atom is -0.444 e. The molecule has 0 saturated carbocycles. The van der Waals surface area contributed by atoms with Crippen molar-refractivity contribution in [2.24, 2.45) is 0 Å². The van der Waals surface area contributed by atoms with Crippen LogP contribution >= 0.6 is 0 Å². The van der Waals surface area contributed by atoms with Crippen molar-refractivity contribution < 1.29 is 14.6 Å². The van der Waals surface area contributed by atoms with Gasteiger partial charge in [-0.25, -0.2) is 4.79 Å². The minimum absolute atomic E-state index is 0.0585. The van der Waals surface area contributed by atoms with Crippen molar-refractivity contribution in [3.63, 3.8) is 0 Å². The second kappa shape index (κ2) is 5.83. The molecule has 1 aromatic rings. The maximum absolute atomic E-state index is 12.1. The molecule has 6 nitrogen and oxygen atoms in total. The Morgan fingerprint density at radius 1 is 1.50 bits per heavy atom. The fourth-order valence-corrected chi connectivity index (χ4v) is 2.50. The molecule has 2 rings (SSSR count). The monoisotopic (exact) mass is 281 g/mol. The Morgan fingerprint density at radius 2 is 2.25 bits per heavy atom. The topological polar surface area (TPSA) is 67.6 Å². The highest BCUT2D eigenvalue weighted by molar-refractivity contribution is 5.68. The SMILES string of the molecule is CC(C)(C)OC(=O)N1CC[C@@H](n2cccn2)C[C@@H]1CO. The molecule has 20 heavy (non-hydrogen) atoms. The summed E-state index contributed by atoms with van der Waals surface area (Å²) in [6.07, 6.45) is 4.82. The smallest absolute Gasteiger partial charge is 0.410 e. The molecule has 2 atom stereocenters. The van der Waals surface area contributed by atoms with Crippen LogP contribution in [0.15, 0.2) is 18.5 Å². The maximum Gasteiger partial charge on any atom is 0.410 e. The van der Waals surface area contributed by atoms with Crippen LogP contribution < -0.4 is 0 Å². The highest BCUT2D eigenvalue weighted by atomic mass is 16.6. The lowest BCUT2D eigenvalue weighted by molar-refractivity contribution is -0.00439. The van der Waals surface area contributed by atoms with E-state index >= 15 is 0 Å². The van der Waals surface area contributed by atoms with Crippen molar-refractivity contribution in [2.45, 2.75) is 51.3 Å². The Hall–Kier alpha value is -1.56. The van der Waals surface area contributed by atoms with E-state index in [9.17, 15) is 9.90 Å². The Bertz CT molecular complexity index is 439. The fourth-order valence-electron chi connectivity index (χ4n) is 2.50. The van der Waals surface area contributed by atoms with Crippen LogP contribution in [-0.2, 0) is 4.74 Å². The molecule has 0 aliphatic carbocycles. The lowest BCUT2D eigenvalue weighted by Gasteiger charge is -2.39. The molecule has 1 N–H and O–H groups in total. The quantitative estimate of drug-likeness (QED) is 0.898. The molecule has 2 heterocycles. The summed E-state index contributed by atoms with van der Waals surface area (Å²) in [5, 5.41) is 13.8. The Morgan fingerprint density at radius 3 is 2.80 bits per heavy atom. The van der Waals surface area contributed by atoms with Gasteiger partial charge in [0.25, 0.3) is 0 Å². The minimum atomic E-state index is -0.518. The van der Waals surface area contributed by atoms with E-state index in [1.165, 1.54) is 0 Å². The Labute approximate surface area is 119 Å². The van der Waals surface area contributed by atoms with Crippen molar-refractivity contribution in [3.05, 3.63) is 18.5 Å². The molecule has 1 fully saturated rings. The van der Waals surface area contributed by atoms with Gasteiger partial charge in [0.2, 0.25) is 0 Å². The third kappa shape index (κ3) is 3.50. The predicted octanol–water partition coefficient (Wildman–Crippen LogP) is 1.82. The molecule has 1 aromatic heterocycles. The molecule has 0 radical (unpaired) electrons. The molecule has 0 bridgehead atoms. The van der Waals surface area contributed by atoms with Crippen molar-refractivity contribution >= 4 is 6.09 Å². The zero-order valence-electron chi connectivity index (χ0n) is 12.3. The van der Waals surface area contributed by atoms with Crippen molar-refractivity contribution in [2.75, 3.05) is 13.2 Å². The molecular weight excluding hydrogens is 258 g/mol. The average Bonchev–Trinajstić information content (AvgIpc) is 2.89. The molecule has 1 aliphatic rings. The van der Waals surface area contributed by atoms with Gasteiger partial charge in [-0.15, -0.1) is 0 Å². The molecular formula is C14H23N3O3. The number of hydrogen-bond acceptors (Lipinski definition) is 4. The largest absolute Gasteiger partial charge is 0.444 e. The van der Waals surface area contributed by atoms with Crippen molar-refractivity contribution in [1.82, 2.24) is 14.7 Å². The average molecular weight is 281 g/mol. The summed E-state index contributed by atoms with van der Waals surface area (Å²) in [6.45, 7) is 6.04. The predicted molar refractivity (Wildman–Crippen MR) is 74.3 cm³/mol. The molecule has 1 aliphatic heterocycles. The Balaban J connectivity index is 2.01. The second-order valence-corrected chi connectivity index (χ2v) is 6.17. The van der Waals surface area contributed by atoms with Crippen LogP contribution in [0.1, 0.15) is 39.7 Å². The number of carbonyl (C=O) groups is 1. The number of ether oxygens (including phenoxy) is 1. The van der Waals surface area contributed by atoms with Crippen LogP contribution in [0.4, 0.5) is 4.79 Å². The third-order valence-corrected chi connectivity index (χ3v) is 3.43. The molecule has 1 saturated heterocycles. The highest BCUT2D eigenvalue weighted by Crippen LogP contribution is 2.27. The van der Waals surface area contributed by atoms with E-state index < -0.39 is 5.60 Å². The number of aliphatic hydroxyl groups is 1. The number of carbonyl (C=O) groups excluding carboxylic acids is 1. The van der Waals surface area contributed by atoms with Gasteiger partial charge in [0.05, 0.1) is 18.7 Å². The van der Waals surface area contributed by atoms with Crippen molar-refractivity contribution in [1.29, 1.82) is 0 Å². The maximum atomic E-state index is 12.1. The van der Waals surface area contributed by atoms with Crippen LogP contribution in [-0.4, -0.2) is 50.7 Å². The first-order chi connectivity index (χ1) is 9.40. The van der Waals surface area contributed by atoms with Crippen LogP contribution in [0.5, 0.6) is 0 Å². The van der Waals surface area contributed by atoms with Gasteiger partial charge in [0.15, 0.2) is 0 Å². The molecule has 0 spiro atoms. The van der Waals surface area contributed by atoms with Gasteiger partial charge < -0.3 is 14.7 Å². The number of likely N-dealkylation sites (tertiary alicyclic amines) is 1. The molecule has 0 aromatic carbocycles. The van der Waals surface area contributed by atoms with E-state index in [1.54, 1.807) is 11.1 Å². The van der Waals surface area contributed by atoms with Gasteiger partial charge >= 0.3 is 6.09 Å². The van der Waals surface area contributed by atoms with Gasteiger partial charge in [0, 0.05) is 18.9 Å². The lowest BCUT2D eigenvalue weighted by Crippen LogP contribution is -2.50. The van der Waals surface area contributed by atoms with E-state index in [1.807, 2.05) is 37.7 Å². The van der Waals surface area contributed by atoms with Gasteiger partial charge in [0.1, 0.15) is 5.60 Å². The van der Waals surface area contributed by atoms with Gasteiger partial charge in [-0.2, -0.15) is 5.10 Å². The van der Waals surface area contributed by atoms with E-state index in [0.29, 0.717) is 13.0 Å². The summed E-state index contributed by atoms with van der Waals surface area (Å²) in [7, 11) is 0. The summed E-state index contributed by atoms with van der Waals surface area (Å²) in [4.78, 5) is 13.8. The van der Waals surface area contributed by atoms with Gasteiger partial charge in [-0.1, -0.05) is 0 Å². The first-order valence-electron chi connectivity index (χ1n) is 7.00. The number of aromatic nitrogens is 2. The van der Waals surface area contributed by atoms with Crippen molar-refractivity contribution in [3.8, 4) is 0 Å². The van der Waals surface area contributed by atoms with Gasteiger partial charge in [-0.3, -0.25) is 4.68 Å². The number of aliphatic hydroxyl groups excluding tert-OH is 1. The standard InChI is InChI=1S/C14H23N3O3/c1-14(2,3)20-13(19)16-8-5-11(9-12(16)10-18)17-7-4-6-15-17/h4,6-7,11-12,18H,5,8-10H2,1-3H3/t11-,12-/m1/s1. The van der Waals surface area contributed by atoms with Gasteiger partial charge in [-0.05, 0) is 39.7 Å². The highest BCUT2D eigenvalue weighted by Gasteiger charge is 2.34. The van der Waals surface area contributed by atoms with Crippen LogP contribution in [0, 0.1) is 0 Å². The summed E-state index contributed by atoms with van der Waals surface area (Å²) >= 11 is 0. The zero-order valence-corrected chi connectivity index (χ0v) is 12.3. The summed E-state index contributed by atoms with van der Waals surface area (Å²) < 4.78 is 7.29. The summed E-state index contributed by atoms with van der Waals surface area (Å²) in [5.41, 5.74) is -0.518. The summed E-state index contributed by atoms with van der Waals surface area (Å²) in [5.74, 6) is 0. The number of rotatable bonds is 2. The zero-order chi connectivity index (χ0) is 14.8. The summed E-state index contributed by atoms with van der Waals surface area (Å²) in [6, 6.07) is 1.89. The van der Waals surface area contributed by atoms with E-state index in [2.05, 4.69) is 5.10 Å². The lowest BCUT2D eigenvalue weighted by atomic mass is 9.98. The first-order valence-corrected chi connectivity index (χ1v) is 7.00. The Kier molecular flexibility index (Phi) is 4.32. The fraction of sp³-hybridized carbons (Fsp3) is 0.714. The number of hydrogen-bond donors (Lipinski definition) is 1. The normalized spacial score (nSPS) is 23.7. The van der Waals surface area contributed by atoms with Crippen LogP contribution in [0.3, 0.4) is 0 Å². The first kappa shape index (κ1) is 14.8. The number of amides is 1. The molecule has 0 unspecified atom stereocenters. The van der Waals surface area contributed by atoms with E-state index in [4.69, 9.17) is 4.74 Å². The van der Waals surface area contributed by atoms with Crippen LogP contribution in [0.25, 0.3) is 0 Å². The number of nitrogens with zero attached hydrogens (tertiary/aromatic N) is 3. The molecule has 1 amide bonds. The van der Waals surface area contributed by atoms with Crippen LogP contribution in [0.2, 0.25) is 0 Å².